The smallest absolute Gasteiger partial charge is 0.326 e. The van der Waals surface area contributed by atoms with Crippen molar-refractivity contribution in [3.8, 4) is 6.07 Å². The average molecular weight is 260 g/mol. The van der Waals surface area contributed by atoms with Crippen molar-refractivity contribution in [3.63, 3.8) is 0 Å². The maximum atomic E-state index is 12.3. The lowest BCUT2D eigenvalue weighted by Gasteiger charge is -2.25. The topological polar surface area (TPSA) is 81.4 Å². The van der Waals surface area contributed by atoms with Crippen molar-refractivity contribution in [2.75, 3.05) is 6.54 Å². The molecule has 0 spiro atoms. The number of aliphatic carboxylic acids is 1. The standard InChI is InChI=1S/C14H16N2O3/c1-10-5-3-6-12(9-10)13(17)16(8-4-7-15)11(2)14(18)19/h3,5-6,9,11H,4,8H2,1-2H3,(H,18,19). The van der Waals surface area contributed by atoms with Gasteiger partial charge in [0.15, 0.2) is 0 Å². The monoisotopic (exact) mass is 260 g/mol. The molecule has 0 aliphatic rings. The van der Waals surface area contributed by atoms with Crippen molar-refractivity contribution >= 4 is 11.9 Å². The Morgan fingerprint density at radius 3 is 2.68 bits per heavy atom. The van der Waals surface area contributed by atoms with Gasteiger partial charge in [-0.15, -0.1) is 0 Å². The molecule has 1 aromatic carbocycles. The zero-order chi connectivity index (χ0) is 14.4. The molecule has 100 valence electrons. The molecule has 0 fully saturated rings. The molecular formula is C14H16N2O3. The van der Waals surface area contributed by atoms with Crippen molar-refractivity contribution in [2.24, 2.45) is 0 Å². The second-order valence-corrected chi connectivity index (χ2v) is 4.29. The third kappa shape index (κ3) is 3.81. The van der Waals surface area contributed by atoms with E-state index in [1.165, 1.54) is 11.8 Å². The van der Waals surface area contributed by atoms with Crippen LogP contribution in [0, 0.1) is 18.3 Å². The van der Waals surface area contributed by atoms with Crippen LogP contribution in [0.2, 0.25) is 0 Å². The van der Waals surface area contributed by atoms with E-state index in [2.05, 4.69) is 0 Å². The highest BCUT2D eigenvalue weighted by atomic mass is 16.4. The number of carboxylic acid groups (broad SMARTS) is 1. The Hall–Kier alpha value is -2.35. The van der Waals surface area contributed by atoms with Crippen LogP contribution in [0.5, 0.6) is 0 Å². The van der Waals surface area contributed by atoms with Crippen LogP contribution in [0.3, 0.4) is 0 Å². The van der Waals surface area contributed by atoms with Crippen molar-refractivity contribution in [1.29, 1.82) is 5.26 Å². The summed E-state index contributed by atoms with van der Waals surface area (Å²) in [6, 6.07) is 7.92. The average Bonchev–Trinajstić information content (AvgIpc) is 2.38. The van der Waals surface area contributed by atoms with E-state index in [4.69, 9.17) is 10.4 Å². The molecule has 0 aliphatic heterocycles. The molecule has 19 heavy (non-hydrogen) atoms. The normalized spacial score (nSPS) is 11.4. The lowest BCUT2D eigenvalue weighted by molar-refractivity contribution is -0.141. The number of carbonyl (C=O) groups is 2. The van der Waals surface area contributed by atoms with E-state index < -0.39 is 12.0 Å². The zero-order valence-electron chi connectivity index (χ0n) is 11.0. The van der Waals surface area contributed by atoms with Crippen LogP contribution in [-0.2, 0) is 4.79 Å². The molecule has 1 atom stereocenters. The Balaban J connectivity index is 3.00. The van der Waals surface area contributed by atoms with E-state index >= 15 is 0 Å². The van der Waals surface area contributed by atoms with E-state index in [0.717, 1.165) is 5.56 Å². The lowest BCUT2D eigenvalue weighted by Crippen LogP contribution is -2.43. The van der Waals surface area contributed by atoms with E-state index in [1.54, 1.807) is 18.2 Å². The van der Waals surface area contributed by atoms with Crippen LogP contribution < -0.4 is 0 Å². The Bertz CT molecular complexity index is 520. The van der Waals surface area contributed by atoms with Crippen molar-refractivity contribution in [2.45, 2.75) is 26.3 Å². The van der Waals surface area contributed by atoms with Gasteiger partial charge in [0.1, 0.15) is 6.04 Å². The van der Waals surface area contributed by atoms with Crippen molar-refractivity contribution in [1.82, 2.24) is 4.90 Å². The summed E-state index contributed by atoms with van der Waals surface area (Å²) in [5.74, 6) is -1.45. The molecule has 1 aromatic rings. The highest BCUT2D eigenvalue weighted by Gasteiger charge is 2.26. The number of hydrogen-bond donors (Lipinski definition) is 1. The predicted molar refractivity (Wildman–Crippen MR) is 69.5 cm³/mol. The fourth-order valence-electron chi connectivity index (χ4n) is 1.72. The third-order valence-electron chi connectivity index (χ3n) is 2.82. The van der Waals surface area contributed by atoms with Gasteiger partial charge in [0, 0.05) is 12.1 Å². The number of benzene rings is 1. The van der Waals surface area contributed by atoms with Gasteiger partial charge in [0.25, 0.3) is 5.91 Å². The molecule has 0 aromatic heterocycles. The Kier molecular flexibility index (Phi) is 5.07. The molecule has 1 amide bonds. The summed E-state index contributed by atoms with van der Waals surface area (Å²) in [6.07, 6.45) is 0.106. The van der Waals surface area contributed by atoms with Gasteiger partial charge in [0.05, 0.1) is 12.5 Å². The number of carboxylic acids is 1. The Morgan fingerprint density at radius 2 is 2.16 bits per heavy atom. The minimum atomic E-state index is -1.08. The van der Waals surface area contributed by atoms with Gasteiger partial charge >= 0.3 is 5.97 Å². The van der Waals surface area contributed by atoms with Gasteiger partial charge in [0.2, 0.25) is 0 Å². The number of nitrogens with zero attached hydrogens (tertiary/aromatic N) is 2. The lowest BCUT2D eigenvalue weighted by atomic mass is 10.1. The third-order valence-corrected chi connectivity index (χ3v) is 2.82. The number of carbonyl (C=O) groups excluding carboxylic acids is 1. The maximum absolute atomic E-state index is 12.3. The summed E-state index contributed by atoms with van der Waals surface area (Å²) in [6.45, 7) is 3.40. The van der Waals surface area contributed by atoms with E-state index in [-0.39, 0.29) is 18.9 Å². The van der Waals surface area contributed by atoms with Crippen LogP contribution in [0.1, 0.15) is 29.3 Å². The van der Waals surface area contributed by atoms with E-state index in [0.29, 0.717) is 5.56 Å². The van der Waals surface area contributed by atoms with Crippen LogP contribution >= 0.6 is 0 Å². The fraction of sp³-hybridized carbons (Fsp3) is 0.357. The molecule has 1 rings (SSSR count). The van der Waals surface area contributed by atoms with Gasteiger partial charge in [-0.05, 0) is 26.0 Å². The summed E-state index contributed by atoms with van der Waals surface area (Å²) in [5, 5.41) is 17.6. The molecule has 1 unspecified atom stereocenters. The summed E-state index contributed by atoms with van der Waals surface area (Å²) < 4.78 is 0. The summed E-state index contributed by atoms with van der Waals surface area (Å²) >= 11 is 0. The summed E-state index contributed by atoms with van der Waals surface area (Å²) in [4.78, 5) is 24.5. The van der Waals surface area contributed by atoms with E-state index in [9.17, 15) is 9.59 Å². The first-order valence-electron chi connectivity index (χ1n) is 5.94. The Morgan fingerprint density at radius 1 is 1.47 bits per heavy atom. The summed E-state index contributed by atoms with van der Waals surface area (Å²) in [7, 11) is 0. The number of amides is 1. The second-order valence-electron chi connectivity index (χ2n) is 4.29. The molecule has 5 nitrogen and oxygen atoms in total. The minimum absolute atomic E-state index is 0.106. The highest BCUT2D eigenvalue weighted by Crippen LogP contribution is 2.11. The van der Waals surface area contributed by atoms with Gasteiger partial charge in [-0.25, -0.2) is 4.79 Å². The second kappa shape index (κ2) is 6.55. The molecule has 0 saturated heterocycles. The van der Waals surface area contributed by atoms with Crippen LogP contribution in [0.15, 0.2) is 24.3 Å². The van der Waals surface area contributed by atoms with E-state index in [1.807, 2.05) is 19.1 Å². The molecule has 0 bridgehead atoms. The van der Waals surface area contributed by atoms with Crippen LogP contribution in [-0.4, -0.2) is 34.5 Å². The summed E-state index contributed by atoms with van der Waals surface area (Å²) in [5.41, 5.74) is 1.36. The largest absolute Gasteiger partial charge is 0.480 e. The van der Waals surface area contributed by atoms with Crippen LogP contribution in [0.4, 0.5) is 0 Å². The van der Waals surface area contributed by atoms with Crippen molar-refractivity contribution < 1.29 is 14.7 Å². The van der Waals surface area contributed by atoms with Gasteiger partial charge in [-0.3, -0.25) is 4.79 Å². The number of hydrogen-bond acceptors (Lipinski definition) is 3. The molecular weight excluding hydrogens is 244 g/mol. The highest BCUT2D eigenvalue weighted by molar-refractivity contribution is 5.96. The molecule has 5 heteroatoms. The first kappa shape index (κ1) is 14.7. The first-order valence-corrected chi connectivity index (χ1v) is 5.94. The molecule has 0 saturated carbocycles. The Labute approximate surface area is 112 Å². The number of nitriles is 1. The van der Waals surface area contributed by atoms with Gasteiger partial charge < -0.3 is 10.0 Å². The SMILES string of the molecule is Cc1cccc(C(=O)N(CCC#N)C(C)C(=O)O)c1. The number of aryl methyl sites for hydroxylation is 1. The molecule has 0 aliphatic carbocycles. The maximum Gasteiger partial charge on any atom is 0.326 e. The molecule has 0 heterocycles. The quantitative estimate of drug-likeness (QED) is 0.875. The van der Waals surface area contributed by atoms with Gasteiger partial charge in [-0.2, -0.15) is 5.26 Å². The molecule has 0 radical (unpaired) electrons. The molecule has 1 N–H and O–H groups in total. The fourth-order valence-corrected chi connectivity index (χ4v) is 1.72. The number of rotatable bonds is 5. The van der Waals surface area contributed by atoms with Crippen molar-refractivity contribution in [3.05, 3.63) is 35.4 Å². The van der Waals surface area contributed by atoms with Crippen LogP contribution in [0.25, 0.3) is 0 Å². The predicted octanol–water partition coefficient (Wildman–Crippen LogP) is 1.82. The zero-order valence-corrected chi connectivity index (χ0v) is 11.0. The van der Waals surface area contributed by atoms with Gasteiger partial charge in [-0.1, -0.05) is 17.7 Å². The first-order chi connectivity index (χ1) is 8.97. The minimum Gasteiger partial charge on any atom is -0.480 e.